The number of anilines is 1. The van der Waals surface area contributed by atoms with Gasteiger partial charge in [0.2, 0.25) is 5.91 Å². The highest BCUT2D eigenvalue weighted by Crippen LogP contribution is 2.34. The van der Waals surface area contributed by atoms with E-state index in [-0.39, 0.29) is 18.1 Å². The monoisotopic (exact) mass is 486 g/mol. The summed E-state index contributed by atoms with van der Waals surface area (Å²) in [6, 6.07) is 19.6. The maximum atomic E-state index is 12.7. The first kappa shape index (κ1) is 25.0. The van der Waals surface area contributed by atoms with Crippen molar-refractivity contribution in [3.63, 3.8) is 0 Å². The molecule has 0 spiro atoms. The molecular formula is C25H21F3N2O3S. The van der Waals surface area contributed by atoms with Crippen LogP contribution in [0.3, 0.4) is 0 Å². The summed E-state index contributed by atoms with van der Waals surface area (Å²) >= 11 is 0. The van der Waals surface area contributed by atoms with Crippen molar-refractivity contribution in [3.8, 4) is 22.9 Å². The van der Waals surface area contributed by atoms with Gasteiger partial charge in [-0.25, -0.2) is 0 Å². The van der Waals surface area contributed by atoms with E-state index in [4.69, 9.17) is 10.00 Å². The molecule has 0 aliphatic heterocycles. The molecule has 0 fully saturated rings. The van der Waals surface area contributed by atoms with Crippen molar-refractivity contribution in [1.29, 1.82) is 5.26 Å². The van der Waals surface area contributed by atoms with Gasteiger partial charge in [-0.15, -0.1) is 0 Å². The summed E-state index contributed by atoms with van der Waals surface area (Å²) in [5.74, 6) is 0.150. The van der Waals surface area contributed by atoms with Gasteiger partial charge in [-0.1, -0.05) is 31.2 Å². The molecule has 1 N–H and O–H groups in total. The number of hydrogen-bond acceptors (Lipinski definition) is 4. The molecule has 1 unspecified atom stereocenters. The van der Waals surface area contributed by atoms with Gasteiger partial charge >= 0.3 is 6.18 Å². The molecule has 3 aromatic rings. The van der Waals surface area contributed by atoms with Gasteiger partial charge in [0.1, 0.15) is 5.75 Å². The number of alkyl halides is 3. The zero-order valence-electron chi connectivity index (χ0n) is 18.2. The van der Waals surface area contributed by atoms with Crippen LogP contribution in [-0.2, 0) is 22.0 Å². The average Bonchev–Trinajstić information content (AvgIpc) is 2.82. The molecule has 0 saturated carbocycles. The van der Waals surface area contributed by atoms with Gasteiger partial charge in [-0.2, -0.15) is 18.4 Å². The molecule has 1 amide bonds. The number of hydrogen-bond donors (Lipinski definition) is 1. The van der Waals surface area contributed by atoms with E-state index in [1.165, 1.54) is 24.3 Å². The summed E-state index contributed by atoms with van der Waals surface area (Å²) < 4.78 is 54.9. The van der Waals surface area contributed by atoms with Crippen LogP contribution in [0.2, 0.25) is 0 Å². The highest BCUT2D eigenvalue weighted by molar-refractivity contribution is 7.85. The van der Waals surface area contributed by atoms with Crippen LogP contribution in [-0.4, -0.2) is 28.7 Å². The van der Waals surface area contributed by atoms with E-state index in [2.05, 4.69) is 5.32 Å². The molecule has 9 heteroatoms. The highest BCUT2D eigenvalue weighted by Gasteiger charge is 2.29. The van der Waals surface area contributed by atoms with Gasteiger partial charge in [0.25, 0.3) is 0 Å². The topological polar surface area (TPSA) is 79.2 Å². The lowest BCUT2D eigenvalue weighted by Gasteiger charge is -2.15. The van der Waals surface area contributed by atoms with Gasteiger partial charge in [-0.3, -0.25) is 9.00 Å². The van der Waals surface area contributed by atoms with Crippen molar-refractivity contribution in [3.05, 3.63) is 77.9 Å². The number of benzene rings is 3. The zero-order chi connectivity index (χ0) is 24.7. The lowest BCUT2D eigenvalue weighted by Crippen LogP contribution is -2.19. The number of ether oxygens (including phenoxy) is 1. The molecule has 3 aromatic carbocycles. The Morgan fingerprint density at radius 1 is 1.09 bits per heavy atom. The lowest BCUT2D eigenvalue weighted by atomic mass is 10.0. The molecule has 34 heavy (non-hydrogen) atoms. The maximum Gasteiger partial charge on any atom is 0.422 e. The third kappa shape index (κ3) is 6.93. The van der Waals surface area contributed by atoms with E-state index in [1.807, 2.05) is 13.0 Å². The number of nitrogens with zero attached hydrogens (tertiary/aromatic N) is 1. The fourth-order valence-corrected chi connectivity index (χ4v) is 3.96. The molecule has 0 bridgehead atoms. The van der Waals surface area contributed by atoms with Crippen molar-refractivity contribution in [2.45, 2.75) is 24.4 Å². The van der Waals surface area contributed by atoms with Crippen LogP contribution >= 0.6 is 0 Å². The van der Waals surface area contributed by atoms with Crippen LogP contribution in [0.15, 0.2) is 71.6 Å². The minimum absolute atomic E-state index is 0.0232. The fourth-order valence-electron chi connectivity index (χ4n) is 3.19. The molecular weight excluding hydrogens is 465 g/mol. The zero-order valence-corrected chi connectivity index (χ0v) is 19.0. The first-order valence-electron chi connectivity index (χ1n) is 10.3. The van der Waals surface area contributed by atoms with Crippen LogP contribution in [0.5, 0.6) is 5.75 Å². The number of carbonyl (C=O) groups excluding carboxylic acids is 1. The van der Waals surface area contributed by atoms with Crippen LogP contribution in [0.25, 0.3) is 11.1 Å². The average molecular weight is 487 g/mol. The minimum Gasteiger partial charge on any atom is -0.483 e. The first-order valence-corrected chi connectivity index (χ1v) is 11.6. The Morgan fingerprint density at radius 2 is 1.82 bits per heavy atom. The Morgan fingerprint density at radius 3 is 2.47 bits per heavy atom. The normalized spacial score (nSPS) is 12.0. The smallest absolute Gasteiger partial charge is 0.422 e. The van der Waals surface area contributed by atoms with Crippen molar-refractivity contribution in [1.82, 2.24) is 0 Å². The number of carbonyl (C=O) groups is 1. The van der Waals surface area contributed by atoms with E-state index >= 15 is 0 Å². The minimum atomic E-state index is -4.52. The second-order valence-electron chi connectivity index (χ2n) is 7.31. The first-order chi connectivity index (χ1) is 16.2. The molecule has 0 saturated heterocycles. The van der Waals surface area contributed by atoms with Crippen molar-refractivity contribution >= 4 is 22.4 Å². The number of halogens is 3. The summed E-state index contributed by atoms with van der Waals surface area (Å²) in [6.07, 6.45) is -4.46. The quantitative estimate of drug-likeness (QED) is 0.458. The summed E-state index contributed by atoms with van der Waals surface area (Å²) in [6.45, 7) is 0.351. The van der Waals surface area contributed by atoms with Gasteiger partial charge in [0.15, 0.2) is 6.61 Å². The number of amides is 1. The maximum absolute atomic E-state index is 12.7. The summed E-state index contributed by atoms with van der Waals surface area (Å²) in [4.78, 5) is 13.2. The predicted molar refractivity (Wildman–Crippen MR) is 124 cm³/mol. The molecule has 0 heterocycles. The number of rotatable bonds is 8. The Hall–Kier alpha value is -3.64. The van der Waals surface area contributed by atoms with E-state index < -0.39 is 23.6 Å². The van der Waals surface area contributed by atoms with Crippen LogP contribution in [0.1, 0.15) is 18.1 Å². The third-order valence-electron chi connectivity index (χ3n) is 4.77. The molecule has 0 radical (unpaired) electrons. The largest absolute Gasteiger partial charge is 0.483 e. The summed E-state index contributed by atoms with van der Waals surface area (Å²) in [5.41, 5.74) is 2.21. The molecule has 5 nitrogen and oxygen atoms in total. The van der Waals surface area contributed by atoms with E-state index in [9.17, 15) is 22.2 Å². The van der Waals surface area contributed by atoms with Gasteiger partial charge in [0.05, 0.1) is 28.9 Å². The van der Waals surface area contributed by atoms with Crippen LogP contribution in [0, 0.1) is 11.3 Å². The van der Waals surface area contributed by atoms with E-state index in [0.717, 1.165) is 5.56 Å². The standard InChI is InChI=1S/C25H21F3N2O3S/c1-2-34(32)21-9-6-17(7-10-21)13-24(31)30-20-8-11-23(33-16-25(26,27)28)22(14-20)19-5-3-4-18(12-19)15-29/h3-12,14H,2,13,16H2,1H3,(H,30,31). The highest BCUT2D eigenvalue weighted by atomic mass is 32.2. The Labute approximate surface area is 197 Å². The van der Waals surface area contributed by atoms with Gasteiger partial charge < -0.3 is 10.1 Å². The lowest BCUT2D eigenvalue weighted by molar-refractivity contribution is -0.153. The molecule has 1 atom stereocenters. The second kappa shape index (κ2) is 11.0. The molecule has 3 rings (SSSR count). The van der Waals surface area contributed by atoms with E-state index in [1.54, 1.807) is 42.5 Å². The van der Waals surface area contributed by atoms with Crippen molar-refractivity contribution in [2.75, 3.05) is 17.7 Å². The van der Waals surface area contributed by atoms with E-state index in [0.29, 0.717) is 33.0 Å². The summed E-state index contributed by atoms with van der Waals surface area (Å²) in [5, 5.41) is 11.9. The number of nitrogens with one attached hydrogen (secondary N) is 1. The molecule has 0 aliphatic carbocycles. The third-order valence-corrected chi connectivity index (χ3v) is 6.09. The summed E-state index contributed by atoms with van der Waals surface area (Å²) in [7, 11) is -1.08. The van der Waals surface area contributed by atoms with Gasteiger partial charge in [0, 0.05) is 21.9 Å². The number of nitriles is 1. The Kier molecular flexibility index (Phi) is 8.08. The second-order valence-corrected chi connectivity index (χ2v) is 9.05. The molecule has 176 valence electrons. The fraction of sp³-hybridized carbons (Fsp3) is 0.200. The van der Waals surface area contributed by atoms with Crippen LogP contribution < -0.4 is 10.1 Å². The molecule has 0 aliphatic rings. The van der Waals surface area contributed by atoms with Crippen molar-refractivity contribution < 1.29 is 26.9 Å². The predicted octanol–water partition coefficient (Wildman–Crippen LogP) is 5.48. The SMILES string of the molecule is CCS(=O)c1ccc(CC(=O)Nc2ccc(OCC(F)(F)F)c(-c3cccc(C#N)c3)c2)cc1. The Balaban J connectivity index is 1.82. The van der Waals surface area contributed by atoms with Crippen molar-refractivity contribution in [2.24, 2.45) is 0 Å². The van der Waals surface area contributed by atoms with Gasteiger partial charge in [-0.05, 0) is 53.6 Å². The molecule has 0 aromatic heterocycles. The van der Waals surface area contributed by atoms with Crippen LogP contribution in [0.4, 0.5) is 18.9 Å². The Bertz CT molecular complexity index is 1240.